The van der Waals surface area contributed by atoms with Gasteiger partial charge in [-0.2, -0.15) is 0 Å². The zero-order valence-electron chi connectivity index (χ0n) is 13.9. The first-order chi connectivity index (χ1) is 9.68. The summed E-state index contributed by atoms with van der Waals surface area (Å²) in [6, 6.07) is 0. The molecule has 1 heterocycles. The standard InChI is InChI=1S/C5H5N2.3C4H9.Sn/c1-5-6-3-2-4-7-5;3*1-3-4-2;/h3-4H,1H3;3*1,3-4H2,2H3;. The molecule has 0 unspecified atom stereocenters. The van der Waals surface area contributed by atoms with Crippen molar-refractivity contribution in [2.75, 3.05) is 0 Å². The van der Waals surface area contributed by atoms with Crippen molar-refractivity contribution in [1.82, 2.24) is 9.97 Å². The molecule has 0 aliphatic heterocycles. The number of aromatic nitrogens is 2. The zero-order valence-corrected chi connectivity index (χ0v) is 16.8. The van der Waals surface area contributed by atoms with Gasteiger partial charge in [0.1, 0.15) is 0 Å². The van der Waals surface area contributed by atoms with Crippen molar-refractivity contribution in [2.45, 2.75) is 79.5 Å². The fraction of sp³-hybridized carbons (Fsp3) is 0.765. The molecule has 0 aliphatic carbocycles. The Morgan fingerprint density at radius 3 is 1.55 bits per heavy atom. The second-order valence-electron chi connectivity index (χ2n) is 6.11. The predicted octanol–water partition coefficient (Wildman–Crippen LogP) is 4.84. The molecule has 1 aromatic rings. The summed E-state index contributed by atoms with van der Waals surface area (Å²) < 4.78 is 6.08. The molecule has 0 spiro atoms. The molecule has 1 aromatic heterocycles. The summed E-state index contributed by atoms with van der Waals surface area (Å²) in [5.74, 6) is 0.912. The van der Waals surface area contributed by atoms with Crippen LogP contribution >= 0.6 is 0 Å². The molecule has 0 bridgehead atoms. The molecule has 0 saturated carbocycles. The summed E-state index contributed by atoms with van der Waals surface area (Å²) in [5, 5.41) is 0. The second-order valence-corrected chi connectivity index (χ2v) is 19.3. The Bertz CT molecular complexity index is 340. The van der Waals surface area contributed by atoms with Crippen molar-refractivity contribution in [1.29, 1.82) is 0 Å². The van der Waals surface area contributed by atoms with Crippen LogP contribution in [0.2, 0.25) is 13.3 Å². The number of unbranched alkanes of at least 4 members (excludes halogenated alkanes) is 3. The van der Waals surface area contributed by atoms with Gasteiger partial charge in [-0.05, 0) is 0 Å². The maximum atomic E-state index is 4.51. The second kappa shape index (κ2) is 9.75. The monoisotopic (exact) mass is 384 g/mol. The first-order valence-electron chi connectivity index (χ1n) is 8.47. The molecule has 0 amide bonds. The number of aryl methyl sites for hydroxylation is 1. The van der Waals surface area contributed by atoms with Gasteiger partial charge < -0.3 is 0 Å². The summed E-state index contributed by atoms with van der Waals surface area (Å²) in [6.45, 7) is 8.96. The van der Waals surface area contributed by atoms with E-state index in [1.165, 1.54) is 51.8 Å². The van der Waals surface area contributed by atoms with E-state index in [4.69, 9.17) is 0 Å². The Morgan fingerprint density at radius 2 is 1.20 bits per heavy atom. The first kappa shape index (κ1) is 17.9. The molecule has 3 heteroatoms. The van der Waals surface area contributed by atoms with Gasteiger partial charge in [-0.25, -0.2) is 0 Å². The van der Waals surface area contributed by atoms with Crippen LogP contribution in [-0.4, -0.2) is 28.3 Å². The Balaban J connectivity index is 3.00. The molecule has 0 aromatic carbocycles. The molecule has 0 N–H and O–H groups in total. The van der Waals surface area contributed by atoms with Crippen LogP contribution in [0.4, 0.5) is 0 Å². The van der Waals surface area contributed by atoms with Crippen molar-refractivity contribution in [3.05, 3.63) is 18.2 Å². The number of hydrogen-bond acceptors (Lipinski definition) is 2. The molecular weight excluding hydrogens is 351 g/mol. The van der Waals surface area contributed by atoms with Crippen molar-refractivity contribution >= 4 is 22.0 Å². The van der Waals surface area contributed by atoms with Crippen LogP contribution in [0.3, 0.4) is 0 Å². The minimum absolute atomic E-state index is 0.912. The third-order valence-corrected chi connectivity index (χ3v) is 19.9. The van der Waals surface area contributed by atoms with Gasteiger partial charge in [0.25, 0.3) is 0 Å². The molecule has 0 fully saturated rings. The van der Waals surface area contributed by atoms with E-state index in [0.717, 1.165) is 5.82 Å². The zero-order chi connectivity index (χ0) is 14.8. The molecule has 114 valence electrons. The maximum absolute atomic E-state index is 4.51. The van der Waals surface area contributed by atoms with Gasteiger partial charge in [-0.1, -0.05) is 0 Å². The Kier molecular flexibility index (Phi) is 8.74. The predicted molar refractivity (Wildman–Crippen MR) is 91.3 cm³/mol. The van der Waals surface area contributed by atoms with Crippen LogP contribution < -0.4 is 3.58 Å². The summed E-state index contributed by atoms with van der Waals surface area (Å²) in [5.41, 5.74) is 0. The van der Waals surface area contributed by atoms with Crippen molar-refractivity contribution < 1.29 is 0 Å². The van der Waals surface area contributed by atoms with Crippen molar-refractivity contribution in [3.63, 3.8) is 0 Å². The molecular formula is C17H32N2Sn. The molecule has 0 saturated heterocycles. The Hall–Kier alpha value is -0.121. The number of rotatable bonds is 10. The summed E-state index contributed by atoms with van der Waals surface area (Å²) >= 11 is -2.25. The van der Waals surface area contributed by atoms with E-state index >= 15 is 0 Å². The molecule has 0 atom stereocenters. The van der Waals surface area contributed by atoms with Crippen LogP contribution in [0.25, 0.3) is 0 Å². The van der Waals surface area contributed by atoms with Crippen molar-refractivity contribution in [3.8, 4) is 0 Å². The molecule has 0 aliphatic rings. The van der Waals surface area contributed by atoms with E-state index in [0.29, 0.717) is 0 Å². The fourth-order valence-corrected chi connectivity index (χ4v) is 18.4. The van der Waals surface area contributed by atoms with E-state index in [1.54, 1.807) is 3.58 Å². The SMILES string of the molecule is CCC[CH2][Sn]([CH2]CCC)([CH2]CCC)[c]1cnc(C)nc1. The van der Waals surface area contributed by atoms with Gasteiger partial charge in [0.15, 0.2) is 0 Å². The van der Waals surface area contributed by atoms with E-state index in [1.807, 2.05) is 6.92 Å². The van der Waals surface area contributed by atoms with Crippen LogP contribution in [-0.2, 0) is 0 Å². The van der Waals surface area contributed by atoms with Crippen LogP contribution in [0.5, 0.6) is 0 Å². The third kappa shape index (κ3) is 5.34. The van der Waals surface area contributed by atoms with E-state index in [9.17, 15) is 0 Å². The first-order valence-corrected chi connectivity index (χ1v) is 16.0. The van der Waals surface area contributed by atoms with Gasteiger partial charge in [0.2, 0.25) is 0 Å². The van der Waals surface area contributed by atoms with E-state index < -0.39 is 18.4 Å². The third-order valence-electron chi connectivity index (χ3n) is 4.42. The van der Waals surface area contributed by atoms with Gasteiger partial charge >= 0.3 is 130 Å². The molecule has 1 rings (SSSR count). The van der Waals surface area contributed by atoms with Crippen LogP contribution in [0.1, 0.15) is 65.1 Å². The van der Waals surface area contributed by atoms with Gasteiger partial charge in [0, 0.05) is 0 Å². The summed E-state index contributed by atoms with van der Waals surface area (Å²) in [4.78, 5) is 9.02. The topological polar surface area (TPSA) is 25.8 Å². The molecule has 0 radical (unpaired) electrons. The molecule has 20 heavy (non-hydrogen) atoms. The summed E-state index contributed by atoms with van der Waals surface area (Å²) in [7, 11) is 0. The van der Waals surface area contributed by atoms with Gasteiger partial charge in [-0.3, -0.25) is 0 Å². The average molecular weight is 383 g/mol. The average Bonchev–Trinajstić information content (AvgIpc) is 2.48. The summed E-state index contributed by atoms with van der Waals surface area (Å²) in [6.07, 6.45) is 12.5. The Labute approximate surface area is 129 Å². The quantitative estimate of drug-likeness (QED) is 0.541. The fourth-order valence-electron chi connectivity index (χ4n) is 3.02. The minimum atomic E-state index is -2.25. The van der Waals surface area contributed by atoms with Gasteiger partial charge in [0.05, 0.1) is 0 Å². The van der Waals surface area contributed by atoms with Crippen LogP contribution in [0.15, 0.2) is 12.4 Å². The van der Waals surface area contributed by atoms with Crippen LogP contribution in [0, 0.1) is 6.92 Å². The normalized spacial score (nSPS) is 11.8. The van der Waals surface area contributed by atoms with E-state index in [2.05, 4.69) is 43.1 Å². The number of hydrogen-bond donors (Lipinski definition) is 0. The number of nitrogens with zero attached hydrogens (tertiary/aromatic N) is 2. The molecule has 2 nitrogen and oxygen atoms in total. The van der Waals surface area contributed by atoms with E-state index in [-0.39, 0.29) is 0 Å². The van der Waals surface area contributed by atoms with Gasteiger partial charge in [-0.15, -0.1) is 0 Å². The van der Waals surface area contributed by atoms with Crippen molar-refractivity contribution in [2.24, 2.45) is 0 Å². The Morgan fingerprint density at radius 1 is 0.800 bits per heavy atom.